The van der Waals surface area contributed by atoms with Gasteiger partial charge in [0.05, 0.1) is 6.54 Å². The number of likely N-dealkylation sites (N-methyl/N-ethyl adjacent to an activating group) is 1. The summed E-state index contributed by atoms with van der Waals surface area (Å²) in [6.07, 6.45) is -0.878. The molecule has 1 aliphatic rings. The molecule has 0 aliphatic carbocycles. The third-order valence-corrected chi connectivity index (χ3v) is 2.83. The number of nitrogen functional groups attached to an aromatic ring is 1. The van der Waals surface area contributed by atoms with Gasteiger partial charge in [0.2, 0.25) is 0 Å². The second-order valence-corrected chi connectivity index (χ2v) is 3.95. The fourth-order valence-corrected chi connectivity index (χ4v) is 1.75. The van der Waals surface area contributed by atoms with Gasteiger partial charge in [-0.15, -0.1) is 0 Å². The van der Waals surface area contributed by atoms with Crippen LogP contribution in [0.4, 0.5) is 15.8 Å². The maximum Gasteiger partial charge on any atom is 0.171 e. The van der Waals surface area contributed by atoms with Crippen LogP contribution in [-0.4, -0.2) is 37.9 Å². The van der Waals surface area contributed by atoms with Crippen LogP contribution in [0.3, 0.4) is 0 Å². The van der Waals surface area contributed by atoms with Gasteiger partial charge < -0.3 is 10.6 Å². The van der Waals surface area contributed by atoms with Crippen LogP contribution < -0.4 is 10.6 Å². The highest BCUT2D eigenvalue weighted by atomic mass is 19.1. The predicted molar refractivity (Wildman–Crippen MR) is 60.6 cm³/mol. The molecule has 0 spiro atoms. The molecule has 0 radical (unpaired) electrons. The molecule has 0 saturated carbocycles. The summed E-state index contributed by atoms with van der Waals surface area (Å²) < 4.78 is 13.5. The lowest BCUT2D eigenvalue weighted by atomic mass is 10.2. The van der Waals surface area contributed by atoms with Gasteiger partial charge in [0.25, 0.3) is 0 Å². The van der Waals surface area contributed by atoms with Gasteiger partial charge >= 0.3 is 0 Å². The highest BCUT2D eigenvalue weighted by Gasteiger charge is 2.23. The summed E-state index contributed by atoms with van der Waals surface area (Å²) in [6, 6.07) is 7.57. The molecule has 1 aromatic rings. The number of nitrogens with zero attached hydrogens (tertiary/aromatic N) is 2. The van der Waals surface area contributed by atoms with Gasteiger partial charge in [-0.05, 0) is 31.3 Å². The van der Waals surface area contributed by atoms with E-state index in [9.17, 15) is 4.39 Å². The maximum absolute atomic E-state index is 13.5. The maximum atomic E-state index is 13.5. The van der Waals surface area contributed by atoms with Gasteiger partial charge in [-0.2, -0.15) is 0 Å². The first-order chi connectivity index (χ1) is 7.16. The van der Waals surface area contributed by atoms with Crippen LogP contribution in [0.5, 0.6) is 0 Å². The van der Waals surface area contributed by atoms with Crippen molar-refractivity contribution in [3.05, 3.63) is 24.3 Å². The summed E-state index contributed by atoms with van der Waals surface area (Å²) in [5.74, 6) is 0. The third kappa shape index (κ3) is 2.21. The monoisotopic (exact) mass is 209 g/mol. The van der Waals surface area contributed by atoms with Crippen molar-refractivity contribution >= 4 is 11.4 Å². The van der Waals surface area contributed by atoms with E-state index >= 15 is 0 Å². The van der Waals surface area contributed by atoms with Crippen molar-refractivity contribution in [2.45, 2.75) is 6.30 Å². The van der Waals surface area contributed by atoms with Crippen LogP contribution in [0.1, 0.15) is 0 Å². The zero-order valence-corrected chi connectivity index (χ0v) is 8.86. The summed E-state index contributed by atoms with van der Waals surface area (Å²) in [5, 5.41) is 0. The molecule has 2 rings (SSSR count). The van der Waals surface area contributed by atoms with E-state index in [1.165, 1.54) is 0 Å². The normalized spacial score (nSPS) is 23.1. The van der Waals surface area contributed by atoms with Crippen molar-refractivity contribution in [2.75, 3.05) is 37.3 Å². The average Bonchev–Trinajstić information content (AvgIpc) is 2.23. The Morgan fingerprint density at radius 1 is 1.27 bits per heavy atom. The van der Waals surface area contributed by atoms with Crippen LogP contribution in [0.25, 0.3) is 0 Å². The molecule has 4 heteroatoms. The molecule has 3 nitrogen and oxygen atoms in total. The molecule has 1 saturated heterocycles. The van der Waals surface area contributed by atoms with Crippen molar-refractivity contribution in [3.63, 3.8) is 0 Å². The predicted octanol–water partition coefficient (Wildman–Crippen LogP) is 1.32. The molecule has 15 heavy (non-hydrogen) atoms. The molecule has 0 bridgehead atoms. The molecule has 0 amide bonds. The third-order valence-electron chi connectivity index (χ3n) is 2.83. The Morgan fingerprint density at radius 3 is 2.53 bits per heavy atom. The minimum atomic E-state index is -0.878. The number of hydrogen-bond donors (Lipinski definition) is 1. The number of benzene rings is 1. The second-order valence-electron chi connectivity index (χ2n) is 3.95. The van der Waals surface area contributed by atoms with E-state index in [-0.39, 0.29) is 0 Å². The number of halogens is 1. The fourth-order valence-electron chi connectivity index (χ4n) is 1.75. The van der Waals surface area contributed by atoms with Crippen LogP contribution in [0, 0.1) is 0 Å². The van der Waals surface area contributed by atoms with Crippen molar-refractivity contribution < 1.29 is 4.39 Å². The lowest BCUT2D eigenvalue weighted by Crippen LogP contribution is -2.49. The molecule has 1 aliphatic heterocycles. The number of hydrogen-bond acceptors (Lipinski definition) is 3. The molecule has 1 atom stereocenters. The van der Waals surface area contributed by atoms with E-state index in [0.717, 1.165) is 24.5 Å². The zero-order chi connectivity index (χ0) is 10.8. The Hall–Kier alpha value is -1.29. The van der Waals surface area contributed by atoms with Crippen molar-refractivity contribution in [3.8, 4) is 0 Å². The largest absolute Gasteiger partial charge is 0.399 e. The van der Waals surface area contributed by atoms with Crippen LogP contribution in [-0.2, 0) is 0 Å². The molecular weight excluding hydrogens is 193 g/mol. The smallest absolute Gasteiger partial charge is 0.171 e. The number of piperazine rings is 1. The first-order valence-corrected chi connectivity index (χ1v) is 5.11. The Bertz CT molecular complexity index is 325. The second kappa shape index (κ2) is 4.06. The minimum absolute atomic E-state index is 0.431. The summed E-state index contributed by atoms with van der Waals surface area (Å²) >= 11 is 0. The molecule has 1 unspecified atom stereocenters. The van der Waals surface area contributed by atoms with Crippen LogP contribution in [0.2, 0.25) is 0 Å². The average molecular weight is 209 g/mol. The SMILES string of the molecule is CN1CCN(c2ccc(N)cc2)CC1F. The number of anilines is 2. The molecule has 1 fully saturated rings. The van der Waals surface area contributed by atoms with E-state index in [2.05, 4.69) is 0 Å². The number of rotatable bonds is 1. The van der Waals surface area contributed by atoms with Gasteiger partial charge in [0.1, 0.15) is 0 Å². The van der Waals surface area contributed by atoms with Crippen molar-refractivity contribution in [1.29, 1.82) is 0 Å². The lowest BCUT2D eigenvalue weighted by molar-refractivity contribution is 0.0973. The molecular formula is C11H16FN3. The topological polar surface area (TPSA) is 32.5 Å². The highest BCUT2D eigenvalue weighted by molar-refractivity contribution is 5.53. The van der Waals surface area contributed by atoms with E-state index in [1.807, 2.05) is 36.2 Å². The van der Waals surface area contributed by atoms with Crippen molar-refractivity contribution in [1.82, 2.24) is 4.90 Å². The van der Waals surface area contributed by atoms with Gasteiger partial charge in [0.15, 0.2) is 6.30 Å². The highest BCUT2D eigenvalue weighted by Crippen LogP contribution is 2.20. The zero-order valence-electron chi connectivity index (χ0n) is 8.86. The Morgan fingerprint density at radius 2 is 1.93 bits per heavy atom. The summed E-state index contributed by atoms with van der Waals surface area (Å²) in [4.78, 5) is 3.78. The summed E-state index contributed by atoms with van der Waals surface area (Å²) in [6.45, 7) is 2.05. The van der Waals surface area contributed by atoms with Gasteiger partial charge in [0, 0.05) is 24.5 Å². The van der Waals surface area contributed by atoms with E-state index in [1.54, 1.807) is 4.90 Å². The fraction of sp³-hybridized carbons (Fsp3) is 0.455. The van der Waals surface area contributed by atoms with E-state index in [0.29, 0.717) is 6.54 Å². The molecule has 82 valence electrons. The van der Waals surface area contributed by atoms with E-state index in [4.69, 9.17) is 5.73 Å². The lowest BCUT2D eigenvalue weighted by Gasteiger charge is -2.36. The molecule has 0 aromatic heterocycles. The summed E-state index contributed by atoms with van der Waals surface area (Å²) in [5.41, 5.74) is 7.39. The first kappa shape index (κ1) is 10.2. The molecule has 1 aromatic carbocycles. The summed E-state index contributed by atoms with van der Waals surface area (Å²) in [7, 11) is 1.81. The Kier molecular flexibility index (Phi) is 2.77. The van der Waals surface area contributed by atoms with Crippen molar-refractivity contribution in [2.24, 2.45) is 0 Å². The minimum Gasteiger partial charge on any atom is -0.399 e. The van der Waals surface area contributed by atoms with Gasteiger partial charge in [-0.1, -0.05) is 0 Å². The Labute approximate surface area is 89.3 Å². The molecule has 2 N–H and O–H groups in total. The molecule has 1 heterocycles. The van der Waals surface area contributed by atoms with Gasteiger partial charge in [-0.25, -0.2) is 4.39 Å². The van der Waals surface area contributed by atoms with E-state index < -0.39 is 6.30 Å². The van der Waals surface area contributed by atoms with Crippen LogP contribution in [0.15, 0.2) is 24.3 Å². The first-order valence-electron chi connectivity index (χ1n) is 5.11. The number of alkyl halides is 1. The quantitative estimate of drug-likeness (QED) is 0.559. The number of nitrogens with two attached hydrogens (primary N) is 1. The standard InChI is InChI=1S/C11H16FN3/c1-14-6-7-15(8-11(14)12)10-4-2-9(13)3-5-10/h2-5,11H,6-8,13H2,1H3. The van der Waals surface area contributed by atoms with Crippen LogP contribution >= 0.6 is 0 Å². The van der Waals surface area contributed by atoms with Gasteiger partial charge in [-0.3, -0.25) is 4.90 Å². The Balaban J connectivity index is 2.08.